The van der Waals surface area contributed by atoms with Gasteiger partial charge in [-0.3, -0.25) is 4.79 Å². The molecule has 0 saturated carbocycles. The molecule has 0 spiro atoms. The van der Waals surface area contributed by atoms with Crippen molar-refractivity contribution in [2.45, 2.75) is 52.0 Å². The second-order valence-electron chi connectivity index (χ2n) is 4.09. The average molecular weight is 213 g/mol. The molecule has 15 heavy (non-hydrogen) atoms. The highest BCUT2D eigenvalue weighted by molar-refractivity contribution is 5.76. The zero-order valence-electron chi connectivity index (χ0n) is 10.00. The Bertz CT molecular complexity index is 194. The van der Waals surface area contributed by atoms with Crippen molar-refractivity contribution in [2.75, 3.05) is 19.8 Å². The number of nitrogens with zero attached hydrogens (tertiary/aromatic N) is 1. The molecule has 1 amide bonds. The molecule has 3 nitrogen and oxygen atoms in total. The maximum Gasteiger partial charge on any atom is 0.225 e. The number of likely N-dealkylation sites (tertiary alicyclic amines) is 1. The van der Waals surface area contributed by atoms with Gasteiger partial charge in [-0.2, -0.15) is 0 Å². The van der Waals surface area contributed by atoms with Gasteiger partial charge in [0.15, 0.2) is 0 Å². The minimum atomic E-state index is 0.273. The Morgan fingerprint density at radius 2 is 2.20 bits per heavy atom. The SMILES string of the molecule is CCOCCC(=O)N1CCCCC1CC. The van der Waals surface area contributed by atoms with E-state index in [1.54, 1.807) is 0 Å². The molecule has 1 unspecified atom stereocenters. The van der Waals surface area contributed by atoms with Gasteiger partial charge >= 0.3 is 0 Å². The van der Waals surface area contributed by atoms with Crippen molar-refractivity contribution in [3.8, 4) is 0 Å². The van der Waals surface area contributed by atoms with E-state index in [4.69, 9.17) is 4.74 Å². The predicted octanol–water partition coefficient (Wildman–Crippen LogP) is 2.20. The molecule has 0 aromatic carbocycles. The van der Waals surface area contributed by atoms with Gasteiger partial charge < -0.3 is 9.64 Å². The molecule has 88 valence electrons. The van der Waals surface area contributed by atoms with Crippen LogP contribution < -0.4 is 0 Å². The van der Waals surface area contributed by atoms with E-state index < -0.39 is 0 Å². The molecule has 1 aliphatic heterocycles. The van der Waals surface area contributed by atoms with Crippen LogP contribution in [-0.4, -0.2) is 36.6 Å². The summed E-state index contributed by atoms with van der Waals surface area (Å²) >= 11 is 0. The van der Waals surface area contributed by atoms with Gasteiger partial charge in [0.25, 0.3) is 0 Å². The lowest BCUT2D eigenvalue weighted by atomic mass is 10.00. The maximum atomic E-state index is 11.9. The summed E-state index contributed by atoms with van der Waals surface area (Å²) in [5.74, 6) is 0.273. The Balaban J connectivity index is 2.34. The maximum absolute atomic E-state index is 11.9. The molecule has 1 rings (SSSR count). The fraction of sp³-hybridized carbons (Fsp3) is 0.917. The number of piperidine rings is 1. The van der Waals surface area contributed by atoms with Gasteiger partial charge in [0, 0.05) is 19.2 Å². The molecule has 0 radical (unpaired) electrons. The van der Waals surface area contributed by atoms with Gasteiger partial charge in [0.1, 0.15) is 0 Å². The number of hydrogen-bond acceptors (Lipinski definition) is 2. The van der Waals surface area contributed by atoms with Crippen LogP contribution in [0.25, 0.3) is 0 Å². The fourth-order valence-electron chi connectivity index (χ4n) is 2.20. The number of carbonyl (C=O) groups is 1. The Morgan fingerprint density at radius 3 is 2.87 bits per heavy atom. The fourth-order valence-corrected chi connectivity index (χ4v) is 2.20. The molecule has 0 aliphatic carbocycles. The van der Waals surface area contributed by atoms with Crippen molar-refractivity contribution in [3.63, 3.8) is 0 Å². The van der Waals surface area contributed by atoms with Gasteiger partial charge in [-0.05, 0) is 32.6 Å². The molecule has 1 aliphatic rings. The Kier molecular flexibility index (Phi) is 5.69. The third-order valence-electron chi connectivity index (χ3n) is 3.08. The Labute approximate surface area is 92.8 Å². The predicted molar refractivity (Wildman–Crippen MR) is 60.8 cm³/mol. The first-order valence-electron chi connectivity index (χ1n) is 6.16. The molecule has 1 saturated heterocycles. The van der Waals surface area contributed by atoms with Crippen molar-refractivity contribution < 1.29 is 9.53 Å². The highest BCUT2D eigenvalue weighted by atomic mass is 16.5. The number of carbonyl (C=O) groups excluding carboxylic acids is 1. The lowest BCUT2D eigenvalue weighted by molar-refractivity contribution is -0.136. The second-order valence-corrected chi connectivity index (χ2v) is 4.09. The van der Waals surface area contributed by atoms with E-state index in [-0.39, 0.29) is 5.91 Å². The summed E-state index contributed by atoms with van der Waals surface area (Å²) in [6, 6.07) is 0.480. The molecule has 0 bridgehead atoms. The lowest BCUT2D eigenvalue weighted by Gasteiger charge is -2.35. The van der Waals surface area contributed by atoms with E-state index in [0.29, 0.717) is 25.7 Å². The molecule has 3 heteroatoms. The van der Waals surface area contributed by atoms with Crippen LogP contribution in [0.1, 0.15) is 46.0 Å². The molecular weight excluding hydrogens is 190 g/mol. The summed E-state index contributed by atoms with van der Waals surface area (Å²) in [7, 11) is 0. The Hall–Kier alpha value is -0.570. The van der Waals surface area contributed by atoms with Crippen LogP contribution in [0.3, 0.4) is 0 Å². The minimum Gasteiger partial charge on any atom is -0.381 e. The normalized spacial score (nSPS) is 21.7. The van der Waals surface area contributed by atoms with Crippen LogP contribution in [0, 0.1) is 0 Å². The molecule has 0 aromatic rings. The summed E-state index contributed by atoms with van der Waals surface area (Å²) in [5.41, 5.74) is 0. The smallest absolute Gasteiger partial charge is 0.225 e. The van der Waals surface area contributed by atoms with Crippen LogP contribution in [0.2, 0.25) is 0 Å². The Morgan fingerprint density at radius 1 is 1.40 bits per heavy atom. The van der Waals surface area contributed by atoms with Gasteiger partial charge in [-0.1, -0.05) is 6.92 Å². The van der Waals surface area contributed by atoms with Crippen LogP contribution >= 0.6 is 0 Å². The zero-order chi connectivity index (χ0) is 11.1. The van der Waals surface area contributed by atoms with E-state index in [9.17, 15) is 4.79 Å². The van der Waals surface area contributed by atoms with Crippen LogP contribution in [-0.2, 0) is 9.53 Å². The molecule has 1 heterocycles. The molecule has 0 N–H and O–H groups in total. The summed E-state index contributed by atoms with van der Waals surface area (Å²) in [6.07, 6.45) is 5.24. The van der Waals surface area contributed by atoms with Gasteiger partial charge in [-0.25, -0.2) is 0 Å². The molecule has 1 atom stereocenters. The molecule has 0 aromatic heterocycles. The number of hydrogen-bond donors (Lipinski definition) is 0. The first-order chi connectivity index (χ1) is 7.29. The average Bonchev–Trinajstić information content (AvgIpc) is 2.29. The van der Waals surface area contributed by atoms with Gasteiger partial charge in [0.2, 0.25) is 5.91 Å². The van der Waals surface area contributed by atoms with E-state index in [1.165, 1.54) is 12.8 Å². The molecular formula is C12H23NO2. The topological polar surface area (TPSA) is 29.5 Å². The molecule has 1 fully saturated rings. The summed E-state index contributed by atoms with van der Waals surface area (Å²) in [6.45, 7) is 6.34. The van der Waals surface area contributed by atoms with E-state index >= 15 is 0 Å². The highest BCUT2D eigenvalue weighted by Gasteiger charge is 2.24. The first-order valence-corrected chi connectivity index (χ1v) is 6.16. The quantitative estimate of drug-likeness (QED) is 0.655. The second kappa shape index (κ2) is 6.83. The number of ether oxygens (including phenoxy) is 1. The van der Waals surface area contributed by atoms with Crippen molar-refractivity contribution in [3.05, 3.63) is 0 Å². The lowest BCUT2D eigenvalue weighted by Crippen LogP contribution is -2.43. The van der Waals surface area contributed by atoms with Crippen LogP contribution in [0.15, 0.2) is 0 Å². The van der Waals surface area contributed by atoms with E-state index in [2.05, 4.69) is 11.8 Å². The zero-order valence-corrected chi connectivity index (χ0v) is 10.00. The van der Waals surface area contributed by atoms with Crippen molar-refractivity contribution >= 4 is 5.91 Å². The van der Waals surface area contributed by atoms with Gasteiger partial charge in [0.05, 0.1) is 13.0 Å². The monoisotopic (exact) mass is 213 g/mol. The van der Waals surface area contributed by atoms with Crippen molar-refractivity contribution in [1.29, 1.82) is 0 Å². The number of amides is 1. The standard InChI is InChI=1S/C12H23NO2/c1-3-11-7-5-6-9-13(11)12(14)8-10-15-4-2/h11H,3-10H2,1-2H3. The van der Waals surface area contributed by atoms with Crippen molar-refractivity contribution in [1.82, 2.24) is 4.90 Å². The third kappa shape index (κ3) is 3.82. The third-order valence-corrected chi connectivity index (χ3v) is 3.08. The largest absolute Gasteiger partial charge is 0.381 e. The van der Waals surface area contributed by atoms with Crippen molar-refractivity contribution in [2.24, 2.45) is 0 Å². The minimum absolute atomic E-state index is 0.273. The first kappa shape index (κ1) is 12.5. The van der Waals surface area contributed by atoms with E-state index in [0.717, 1.165) is 19.4 Å². The van der Waals surface area contributed by atoms with E-state index in [1.807, 2.05) is 6.92 Å². The summed E-state index contributed by atoms with van der Waals surface area (Å²) in [4.78, 5) is 13.9. The van der Waals surface area contributed by atoms with Crippen LogP contribution in [0.4, 0.5) is 0 Å². The van der Waals surface area contributed by atoms with Crippen LogP contribution in [0.5, 0.6) is 0 Å². The highest BCUT2D eigenvalue weighted by Crippen LogP contribution is 2.20. The van der Waals surface area contributed by atoms with Gasteiger partial charge in [-0.15, -0.1) is 0 Å². The summed E-state index contributed by atoms with van der Waals surface area (Å²) in [5, 5.41) is 0. The number of rotatable bonds is 5. The summed E-state index contributed by atoms with van der Waals surface area (Å²) < 4.78 is 5.22.